The first-order valence-corrected chi connectivity index (χ1v) is 7.57. The lowest BCUT2D eigenvalue weighted by molar-refractivity contribution is 0.100. The number of ether oxygens (including phenoxy) is 1. The molecule has 0 fully saturated rings. The maximum Gasteiger partial charge on any atom is 0.249 e. The van der Waals surface area contributed by atoms with Gasteiger partial charge in [0.1, 0.15) is 17.3 Å². The van der Waals surface area contributed by atoms with Gasteiger partial charge in [0.25, 0.3) is 0 Å². The van der Waals surface area contributed by atoms with Crippen molar-refractivity contribution in [2.45, 2.75) is 0 Å². The van der Waals surface area contributed by atoms with Crippen molar-refractivity contribution in [3.05, 3.63) is 72.0 Å². The van der Waals surface area contributed by atoms with Crippen LogP contribution in [0.3, 0.4) is 0 Å². The summed E-state index contributed by atoms with van der Waals surface area (Å²) in [4.78, 5) is 11.9. The number of nitrogens with two attached hydrogens (primary N) is 1. The van der Waals surface area contributed by atoms with Gasteiger partial charge in [0.05, 0.1) is 7.11 Å². The van der Waals surface area contributed by atoms with Crippen LogP contribution in [0.1, 0.15) is 10.4 Å². The van der Waals surface area contributed by atoms with Gasteiger partial charge in [-0.15, -0.1) is 0 Å². The Morgan fingerprint density at radius 3 is 2.44 bits per heavy atom. The first kappa shape index (κ1) is 16.5. The van der Waals surface area contributed by atoms with Gasteiger partial charge in [-0.05, 0) is 41.5 Å². The Labute approximate surface area is 144 Å². The molecule has 0 bridgehead atoms. The maximum absolute atomic E-state index is 14.2. The van der Waals surface area contributed by atoms with Crippen LogP contribution in [0.25, 0.3) is 22.3 Å². The number of hydrogen-bond acceptors (Lipinski definition) is 3. The summed E-state index contributed by atoms with van der Waals surface area (Å²) in [6, 6.07) is 15.8. The molecule has 3 N–H and O–H groups in total. The van der Waals surface area contributed by atoms with Gasteiger partial charge >= 0.3 is 0 Å². The number of phenols is 1. The fraction of sp³-hybridized carbons (Fsp3) is 0.0500. The van der Waals surface area contributed by atoms with Crippen LogP contribution in [-0.2, 0) is 0 Å². The van der Waals surface area contributed by atoms with Crippen LogP contribution >= 0.6 is 0 Å². The number of hydrogen-bond donors (Lipinski definition) is 2. The minimum absolute atomic E-state index is 0.0327. The fourth-order valence-electron chi connectivity index (χ4n) is 2.70. The number of aromatic hydroxyl groups is 1. The molecule has 3 aromatic carbocycles. The average molecular weight is 337 g/mol. The summed E-state index contributed by atoms with van der Waals surface area (Å²) in [7, 11) is 1.49. The molecule has 4 nitrogen and oxygen atoms in total. The molecule has 0 radical (unpaired) electrons. The Hall–Kier alpha value is -3.34. The summed E-state index contributed by atoms with van der Waals surface area (Å²) < 4.78 is 19.3. The zero-order valence-electron chi connectivity index (χ0n) is 13.5. The Kier molecular flexibility index (Phi) is 4.39. The van der Waals surface area contributed by atoms with Crippen LogP contribution in [0.5, 0.6) is 11.5 Å². The Bertz CT molecular complexity index is 953. The second-order valence-corrected chi connectivity index (χ2v) is 5.49. The SMILES string of the molecule is COc1ccc(F)c(-c2ccc(-c3ccccc3O)c(C(N)=O)c2)c1. The minimum Gasteiger partial charge on any atom is -0.507 e. The number of carbonyl (C=O) groups excluding carboxylic acids is 1. The molecule has 3 rings (SSSR count). The molecule has 0 saturated heterocycles. The van der Waals surface area contributed by atoms with E-state index in [0.717, 1.165) is 0 Å². The summed E-state index contributed by atoms with van der Waals surface area (Å²) in [5, 5.41) is 10.0. The van der Waals surface area contributed by atoms with Gasteiger partial charge in [0.2, 0.25) is 5.91 Å². The summed E-state index contributed by atoms with van der Waals surface area (Å²) in [5.74, 6) is -0.568. The number of phenolic OH excluding ortho intramolecular Hbond substituents is 1. The van der Waals surface area contributed by atoms with E-state index in [1.54, 1.807) is 36.4 Å². The number of halogens is 1. The Balaban J connectivity index is 2.19. The van der Waals surface area contributed by atoms with Gasteiger partial charge in [0.15, 0.2) is 0 Å². The monoisotopic (exact) mass is 337 g/mol. The number of primary amides is 1. The molecule has 0 aliphatic rings. The quantitative estimate of drug-likeness (QED) is 0.756. The molecule has 0 aromatic heterocycles. The van der Waals surface area contributed by atoms with Crippen molar-refractivity contribution >= 4 is 5.91 Å². The lowest BCUT2D eigenvalue weighted by atomic mass is 9.94. The van der Waals surface area contributed by atoms with Crippen molar-refractivity contribution in [2.75, 3.05) is 7.11 Å². The summed E-state index contributed by atoms with van der Waals surface area (Å²) in [6.07, 6.45) is 0. The van der Waals surface area contributed by atoms with E-state index in [2.05, 4.69) is 0 Å². The van der Waals surface area contributed by atoms with Crippen molar-refractivity contribution in [1.82, 2.24) is 0 Å². The van der Waals surface area contributed by atoms with Gasteiger partial charge in [-0.3, -0.25) is 4.79 Å². The molecule has 0 spiro atoms. The molecule has 5 heteroatoms. The standard InChI is InChI=1S/C20H16FNO3/c1-25-13-7-9-18(21)16(11-13)12-6-8-14(17(10-12)20(22)24)15-4-2-3-5-19(15)23/h2-11,23H,1H3,(H2,22,24). The molecule has 0 aliphatic heterocycles. The van der Waals surface area contributed by atoms with Gasteiger partial charge < -0.3 is 15.6 Å². The molecule has 0 unspecified atom stereocenters. The highest BCUT2D eigenvalue weighted by molar-refractivity contribution is 6.01. The molecule has 25 heavy (non-hydrogen) atoms. The van der Waals surface area contributed by atoms with E-state index in [0.29, 0.717) is 28.0 Å². The predicted octanol–water partition coefficient (Wildman–Crippen LogP) is 3.97. The van der Waals surface area contributed by atoms with Crippen molar-refractivity contribution in [3.8, 4) is 33.8 Å². The minimum atomic E-state index is -0.664. The van der Waals surface area contributed by atoms with Crippen LogP contribution in [0.2, 0.25) is 0 Å². The van der Waals surface area contributed by atoms with Gasteiger partial charge in [-0.25, -0.2) is 4.39 Å². The van der Waals surface area contributed by atoms with E-state index in [4.69, 9.17) is 10.5 Å². The van der Waals surface area contributed by atoms with Crippen LogP contribution < -0.4 is 10.5 Å². The number of methoxy groups -OCH3 is 1. The summed E-state index contributed by atoms with van der Waals surface area (Å²) in [6.45, 7) is 0. The molecule has 126 valence electrons. The molecule has 0 atom stereocenters. The largest absolute Gasteiger partial charge is 0.507 e. The smallest absolute Gasteiger partial charge is 0.249 e. The Morgan fingerprint density at radius 2 is 1.76 bits per heavy atom. The first-order valence-electron chi connectivity index (χ1n) is 7.57. The normalized spacial score (nSPS) is 10.5. The topological polar surface area (TPSA) is 72.6 Å². The van der Waals surface area contributed by atoms with Crippen molar-refractivity contribution in [1.29, 1.82) is 0 Å². The fourth-order valence-corrected chi connectivity index (χ4v) is 2.70. The highest BCUT2D eigenvalue weighted by atomic mass is 19.1. The zero-order chi connectivity index (χ0) is 18.0. The van der Waals surface area contributed by atoms with Gasteiger partial charge in [-0.2, -0.15) is 0 Å². The highest BCUT2D eigenvalue weighted by Gasteiger charge is 2.16. The highest BCUT2D eigenvalue weighted by Crippen LogP contribution is 2.35. The molecule has 1 amide bonds. The van der Waals surface area contributed by atoms with E-state index < -0.39 is 11.7 Å². The lowest BCUT2D eigenvalue weighted by Crippen LogP contribution is -2.12. The summed E-state index contributed by atoms with van der Waals surface area (Å²) >= 11 is 0. The van der Waals surface area contributed by atoms with Crippen molar-refractivity contribution in [2.24, 2.45) is 5.73 Å². The maximum atomic E-state index is 14.2. The second kappa shape index (κ2) is 6.65. The number of para-hydroxylation sites is 1. The van der Waals surface area contributed by atoms with Crippen molar-refractivity contribution < 1.29 is 19.0 Å². The molecule has 0 heterocycles. The predicted molar refractivity (Wildman–Crippen MR) is 94.0 cm³/mol. The Morgan fingerprint density at radius 1 is 1.00 bits per heavy atom. The van der Waals surface area contributed by atoms with Crippen LogP contribution in [0.4, 0.5) is 4.39 Å². The third kappa shape index (κ3) is 3.17. The lowest BCUT2D eigenvalue weighted by Gasteiger charge is -2.12. The first-order chi connectivity index (χ1) is 12.0. The molecule has 0 saturated carbocycles. The summed E-state index contributed by atoms with van der Waals surface area (Å²) in [5.41, 5.74) is 7.45. The van der Waals surface area contributed by atoms with Crippen LogP contribution in [0, 0.1) is 5.82 Å². The number of rotatable bonds is 4. The van der Waals surface area contributed by atoms with Gasteiger partial charge in [-0.1, -0.05) is 30.3 Å². The number of carbonyl (C=O) groups is 1. The molecule has 3 aromatic rings. The van der Waals surface area contributed by atoms with E-state index in [-0.39, 0.29) is 11.3 Å². The third-order valence-electron chi connectivity index (χ3n) is 3.96. The van der Waals surface area contributed by atoms with Crippen molar-refractivity contribution in [3.63, 3.8) is 0 Å². The second-order valence-electron chi connectivity index (χ2n) is 5.49. The van der Waals surface area contributed by atoms with E-state index >= 15 is 0 Å². The average Bonchev–Trinajstić information content (AvgIpc) is 2.62. The van der Waals surface area contributed by atoms with Crippen LogP contribution in [0.15, 0.2) is 60.7 Å². The zero-order valence-corrected chi connectivity index (χ0v) is 13.5. The molecule has 0 aliphatic carbocycles. The van der Waals surface area contributed by atoms with E-state index in [1.165, 1.54) is 31.4 Å². The molecular formula is C20H16FNO3. The molecular weight excluding hydrogens is 321 g/mol. The number of benzene rings is 3. The third-order valence-corrected chi connectivity index (χ3v) is 3.96. The number of amides is 1. The van der Waals surface area contributed by atoms with Gasteiger partial charge in [0, 0.05) is 16.7 Å². The van der Waals surface area contributed by atoms with Crippen LogP contribution in [-0.4, -0.2) is 18.1 Å². The van der Waals surface area contributed by atoms with E-state index in [1.807, 2.05) is 0 Å². The van der Waals surface area contributed by atoms with E-state index in [9.17, 15) is 14.3 Å².